The maximum absolute atomic E-state index is 9.58. The molecule has 19 heavy (non-hydrogen) atoms. The van der Waals surface area contributed by atoms with Crippen LogP contribution in [0.3, 0.4) is 0 Å². The van der Waals surface area contributed by atoms with Crippen LogP contribution in [0.5, 0.6) is 0 Å². The predicted octanol–water partition coefficient (Wildman–Crippen LogP) is 3.09. The maximum Gasteiger partial charge on any atom is 0.0948 e. The van der Waals surface area contributed by atoms with Crippen molar-refractivity contribution in [3.8, 4) is 0 Å². The summed E-state index contributed by atoms with van der Waals surface area (Å²) in [6.45, 7) is 3.01. The fourth-order valence-corrected chi connectivity index (χ4v) is 2.23. The van der Waals surface area contributed by atoms with Crippen LogP contribution in [0.1, 0.15) is 25.1 Å². The van der Waals surface area contributed by atoms with E-state index in [0.29, 0.717) is 5.02 Å². The Labute approximate surface area is 118 Å². The lowest BCUT2D eigenvalue weighted by molar-refractivity contribution is 0.271. The summed E-state index contributed by atoms with van der Waals surface area (Å²) in [5.41, 5.74) is 1.86. The van der Waals surface area contributed by atoms with Crippen LogP contribution in [0.4, 0.5) is 5.69 Å². The van der Waals surface area contributed by atoms with Gasteiger partial charge in [0.1, 0.15) is 0 Å². The van der Waals surface area contributed by atoms with Crippen LogP contribution in [0.15, 0.2) is 36.8 Å². The molecule has 1 heterocycles. The summed E-state index contributed by atoms with van der Waals surface area (Å²) in [7, 11) is 0. The molecule has 0 spiro atoms. The molecule has 0 radical (unpaired) electrons. The van der Waals surface area contributed by atoms with E-state index in [-0.39, 0.29) is 12.6 Å². The molecule has 0 amide bonds. The maximum atomic E-state index is 9.58. The average Bonchev–Trinajstić information content (AvgIpc) is 2.85. The minimum atomic E-state index is -0.187. The minimum absolute atomic E-state index is 0.00191. The quantitative estimate of drug-likeness (QED) is 0.854. The molecule has 2 N–H and O–H groups in total. The van der Waals surface area contributed by atoms with Crippen molar-refractivity contribution in [1.82, 2.24) is 9.55 Å². The highest BCUT2D eigenvalue weighted by atomic mass is 35.5. The molecule has 1 aromatic carbocycles. The van der Waals surface area contributed by atoms with Gasteiger partial charge in [-0.1, -0.05) is 24.6 Å². The Bertz CT molecular complexity index is 527. The molecular formula is C14H18ClN3O. The lowest BCUT2D eigenvalue weighted by Crippen LogP contribution is -2.18. The van der Waals surface area contributed by atoms with Crippen molar-refractivity contribution < 1.29 is 5.11 Å². The van der Waals surface area contributed by atoms with Gasteiger partial charge in [-0.3, -0.25) is 0 Å². The van der Waals surface area contributed by atoms with Crippen LogP contribution in [-0.4, -0.2) is 21.3 Å². The Morgan fingerprint density at radius 3 is 3.00 bits per heavy atom. The number of halogens is 1. The third kappa shape index (κ3) is 3.49. The summed E-state index contributed by atoms with van der Waals surface area (Å²) >= 11 is 5.96. The second-order valence-corrected chi connectivity index (χ2v) is 4.84. The van der Waals surface area contributed by atoms with Crippen LogP contribution in [0.2, 0.25) is 5.02 Å². The Morgan fingerprint density at radius 1 is 1.47 bits per heavy atom. The molecule has 2 aromatic rings. The first-order chi connectivity index (χ1) is 9.24. The van der Waals surface area contributed by atoms with Crippen LogP contribution in [-0.2, 0) is 6.54 Å². The number of rotatable bonds is 6. The number of anilines is 1. The van der Waals surface area contributed by atoms with Crippen LogP contribution >= 0.6 is 11.6 Å². The fourth-order valence-electron chi connectivity index (χ4n) is 2.04. The van der Waals surface area contributed by atoms with Gasteiger partial charge < -0.3 is 15.0 Å². The number of nitrogens with one attached hydrogen (secondary N) is 1. The minimum Gasteiger partial charge on any atom is -0.394 e. The van der Waals surface area contributed by atoms with Crippen molar-refractivity contribution in [3.05, 3.63) is 47.5 Å². The first kappa shape index (κ1) is 13.9. The lowest BCUT2D eigenvalue weighted by atomic mass is 10.2. The number of aliphatic hydroxyl groups excluding tert-OH is 1. The number of aromatic nitrogens is 2. The summed E-state index contributed by atoms with van der Waals surface area (Å²) < 4.78 is 2.05. The summed E-state index contributed by atoms with van der Waals surface area (Å²) in [5, 5.41) is 13.5. The molecule has 1 aromatic heterocycles. The summed E-state index contributed by atoms with van der Waals surface area (Å²) in [6, 6.07) is 7.28. The summed E-state index contributed by atoms with van der Waals surface area (Å²) in [6.07, 6.45) is 4.61. The van der Waals surface area contributed by atoms with Gasteiger partial charge in [-0.2, -0.15) is 0 Å². The van der Waals surface area contributed by atoms with Crippen molar-refractivity contribution in [2.24, 2.45) is 0 Å². The van der Waals surface area contributed by atoms with Gasteiger partial charge in [-0.25, -0.2) is 4.98 Å². The Morgan fingerprint density at radius 2 is 2.32 bits per heavy atom. The molecule has 0 saturated carbocycles. The third-order valence-electron chi connectivity index (χ3n) is 2.91. The van der Waals surface area contributed by atoms with Gasteiger partial charge in [0.25, 0.3) is 0 Å². The van der Waals surface area contributed by atoms with Gasteiger partial charge in [-0.05, 0) is 24.6 Å². The zero-order valence-electron chi connectivity index (χ0n) is 10.9. The van der Waals surface area contributed by atoms with Crippen molar-refractivity contribution in [2.45, 2.75) is 25.9 Å². The molecule has 2 rings (SSSR count). The number of imidazole rings is 1. The van der Waals surface area contributed by atoms with Crippen molar-refractivity contribution in [1.29, 1.82) is 0 Å². The second-order valence-electron chi connectivity index (χ2n) is 4.40. The SMILES string of the molecule is CCCn1cncc1C(CO)Nc1cccc(Cl)c1. The number of benzene rings is 1. The van der Waals surface area contributed by atoms with Gasteiger partial charge in [-0.15, -0.1) is 0 Å². The molecule has 0 aliphatic heterocycles. The van der Waals surface area contributed by atoms with Gasteiger partial charge in [0.2, 0.25) is 0 Å². The van der Waals surface area contributed by atoms with Gasteiger partial charge in [0.15, 0.2) is 0 Å². The summed E-state index contributed by atoms with van der Waals surface area (Å²) in [5.74, 6) is 0. The van der Waals surface area contributed by atoms with E-state index in [4.69, 9.17) is 11.6 Å². The largest absolute Gasteiger partial charge is 0.394 e. The molecule has 4 nitrogen and oxygen atoms in total. The van der Waals surface area contributed by atoms with E-state index in [9.17, 15) is 5.11 Å². The van der Waals surface area contributed by atoms with Crippen LogP contribution in [0, 0.1) is 0 Å². The zero-order chi connectivity index (χ0) is 13.7. The van der Waals surface area contributed by atoms with Gasteiger partial charge in [0.05, 0.1) is 30.9 Å². The monoisotopic (exact) mass is 279 g/mol. The molecule has 0 fully saturated rings. The van der Waals surface area contributed by atoms with Crippen LogP contribution < -0.4 is 5.32 Å². The van der Waals surface area contributed by atoms with E-state index >= 15 is 0 Å². The highest BCUT2D eigenvalue weighted by Crippen LogP contribution is 2.21. The van der Waals surface area contributed by atoms with Gasteiger partial charge in [0, 0.05) is 17.3 Å². The average molecular weight is 280 g/mol. The molecular weight excluding hydrogens is 262 g/mol. The number of hydrogen-bond acceptors (Lipinski definition) is 3. The first-order valence-corrected chi connectivity index (χ1v) is 6.75. The molecule has 1 unspecified atom stereocenters. The number of aliphatic hydroxyl groups is 1. The molecule has 0 saturated heterocycles. The van der Waals surface area contributed by atoms with E-state index in [1.165, 1.54) is 0 Å². The Kier molecular flexibility index (Phi) is 4.82. The fraction of sp³-hybridized carbons (Fsp3) is 0.357. The summed E-state index contributed by atoms with van der Waals surface area (Å²) in [4.78, 5) is 4.15. The van der Waals surface area contributed by atoms with Crippen molar-refractivity contribution >= 4 is 17.3 Å². The van der Waals surface area contributed by atoms with Crippen molar-refractivity contribution in [2.75, 3.05) is 11.9 Å². The standard InChI is InChI=1S/C14H18ClN3O/c1-2-6-18-10-16-8-14(18)13(9-19)17-12-5-3-4-11(15)7-12/h3-5,7-8,10,13,17,19H,2,6,9H2,1H3. The number of hydrogen-bond donors (Lipinski definition) is 2. The molecule has 5 heteroatoms. The zero-order valence-corrected chi connectivity index (χ0v) is 11.6. The van der Waals surface area contributed by atoms with Gasteiger partial charge >= 0.3 is 0 Å². The Balaban J connectivity index is 2.18. The first-order valence-electron chi connectivity index (χ1n) is 6.37. The second kappa shape index (κ2) is 6.59. The predicted molar refractivity (Wildman–Crippen MR) is 77.4 cm³/mol. The highest BCUT2D eigenvalue weighted by molar-refractivity contribution is 6.30. The molecule has 0 bridgehead atoms. The van der Waals surface area contributed by atoms with E-state index < -0.39 is 0 Å². The topological polar surface area (TPSA) is 50.1 Å². The lowest BCUT2D eigenvalue weighted by Gasteiger charge is -2.19. The van der Waals surface area contributed by atoms with E-state index in [0.717, 1.165) is 24.3 Å². The van der Waals surface area contributed by atoms with E-state index in [1.54, 1.807) is 12.5 Å². The van der Waals surface area contributed by atoms with E-state index in [2.05, 4.69) is 21.8 Å². The molecule has 1 atom stereocenters. The number of nitrogens with zero attached hydrogens (tertiary/aromatic N) is 2. The van der Waals surface area contributed by atoms with E-state index in [1.807, 2.05) is 24.3 Å². The number of aryl methyl sites for hydroxylation is 1. The Hall–Kier alpha value is -1.52. The highest BCUT2D eigenvalue weighted by Gasteiger charge is 2.14. The molecule has 0 aliphatic rings. The smallest absolute Gasteiger partial charge is 0.0948 e. The van der Waals surface area contributed by atoms with Crippen LogP contribution in [0.25, 0.3) is 0 Å². The third-order valence-corrected chi connectivity index (χ3v) is 3.15. The molecule has 0 aliphatic carbocycles. The van der Waals surface area contributed by atoms with Crippen molar-refractivity contribution in [3.63, 3.8) is 0 Å². The normalized spacial score (nSPS) is 12.4. The molecule has 102 valence electrons.